The number of hydrogen-bond donors (Lipinski definition) is 15. The molecule has 2 rings (SSSR count). The maximum atomic E-state index is 14.2. The lowest BCUT2D eigenvalue weighted by Gasteiger charge is -2.30. The Morgan fingerprint density at radius 2 is 0.831 bits per heavy atom. The van der Waals surface area contributed by atoms with Gasteiger partial charge in [0.1, 0.15) is 48.3 Å². The predicted molar refractivity (Wildman–Crippen MR) is 281 cm³/mol. The lowest BCUT2D eigenvalue weighted by molar-refractivity contribution is -0.143. The molecule has 26 nitrogen and oxygen atoms in total. The SMILES string of the molecule is CC(C)[C@H](NC(=O)[C@H](CCCN=C(N)N)NC(=O)[C@H](Cc1ccccc1)NC(=O)[C@@H](NC(=O)[C@@H](NC(=O)[C@@H](NC(=O)[C@H](CC(=O)O)NC(=O)[C@@H](NC(=O)[C@@H](N)Cc1ccccc1)[C@@H](C)O)[C@@H](C)O)C(C)C)C(C)C)C(=O)O. The molecule has 426 valence electrons. The normalized spacial score (nSPS) is 15.5. The lowest BCUT2D eigenvalue weighted by Crippen LogP contribution is -2.63. The molecule has 2 aromatic rings. The summed E-state index contributed by atoms with van der Waals surface area (Å²) in [6, 6.07) is 3.58. The number of guanidine groups is 1. The molecule has 26 heteroatoms. The number of nitrogens with two attached hydrogens (primary N) is 3. The van der Waals surface area contributed by atoms with E-state index in [1.807, 2.05) is 0 Å². The monoisotopic (exact) mass is 1080 g/mol. The number of amides is 8. The van der Waals surface area contributed by atoms with Gasteiger partial charge in [-0.2, -0.15) is 0 Å². The first-order valence-electron chi connectivity index (χ1n) is 25.2. The molecule has 0 aliphatic carbocycles. The first kappa shape index (κ1) is 65.4. The summed E-state index contributed by atoms with van der Waals surface area (Å²) < 4.78 is 0. The van der Waals surface area contributed by atoms with Crippen LogP contribution >= 0.6 is 0 Å². The van der Waals surface area contributed by atoms with E-state index < -0.39 is 150 Å². The number of aliphatic imine (C=N–C) groups is 1. The van der Waals surface area contributed by atoms with Gasteiger partial charge in [-0.25, -0.2) is 4.79 Å². The third-order valence-electron chi connectivity index (χ3n) is 12.0. The Morgan fingerprint density at radius 1 is 0.468 bits per heavy atom. The summed E-state index contributed by atoms with van der Waals surface area (Å²) in [7, 11) is 0. The van der Waals surface area contributed by atoms with Crippen LogP contribution in [-0.4, -0.2) is 159 Å². The number of aliphatic carboxylic acids is 2. The van der Waals surface area contributed by atoms with Crippen molar-refractivity contribution >= 4 is 65.2 Å². The van der Waals surface area contributed by atoms with Crippen molar-refractivity contribution < 1.29 is 68.4 Å². The van der Waals surface area contributed by atoms with Gasteiger partial charge >= 0.3 is 11.9 Å². The highest BCUT2D eigenvalue weighted by Gasteiger charge is 2.38. The number of nitrogens with one attached hydrogen (secondary N) is 8. The lowest BCUT2D eigenvalue weighted by atomic mass is 9.98. The van der Waals surface area contributed by atoms with Crippen LogP contribution < -0.4 is 59.7 Å². The maximum Gasteiger partial charge on any atom is 0.326 e. The Bertz CT molecular complexity index is 2350. The summed E-state index contributed by atoms with van der Waals surface area (Å²) in [6.45, 7) is 11.8. The van der Waals surface area contributed by atoms with Crippen LogP contribution in [0.1, 0.15) is 85.8 Å². The Balaban J connectivity index is 2.36. The van der Waals surface area contributed by atoms with E-state index in [1.54, 1.807) is 102 Å². The number of carbonyl (C=O) groups excluding carboxylic acids is 8. The van der Waals surface area contributed by atoms with Crippen LogP contribution in [0.15, 0.2) is 65.7 Å². The molecule has 0 saturated heterocycles. The zero-order valence-corrected chi connectivity index (χ0v) is 44.6. The van der Waals surface area contributed by atoms with Crippen molar-refractivity contribution in [3.63, 3.8) is 0 Å². The molecular weight excluding hydrogens is 1000 g/mol. The highest BCUT2D eigenvalue weighted by atomic mass is 16.4. The van der Waals surface area contributed by atoms with E-state index in [1.165, 1.54) is 0 Å². The van der Waals surface area contributed by atoms with Gasteiger partial charge in [-0.3, -0.25) is 48.1 Å². The second-order valence-corrected chi connectivity index (χ2v) is 19.7. The molecule has 18 N–H and O–H groups in total. The van der Waals surface area contributed by atoms with Gasteiger partial charge in [0, 0.05) is 13.0 Å². The molecular formula is C51H78N12O14. The van der Waals surface area contributed by atoms with E-state index in [-0.39, 0.29) is 38.2 Å². The number of carbonyl (C=O) groups is 10. The molecule has 0 fully saturated rings. The topological polar surface area (TPSA) is 438 Å². The van der Waals surface area contributed by atoms with Crippen LogP contribution in [-0.2, 0) is 60.8 Å². The van der Waals surface area contributed by atoms with Crippen LogP contribution in [0.3, 0.4) is 0 Å². The number of aliphatic hydroxyl groups is 2. The van der Waals surface area contributed by atoms with Gasteiger partial charge in [0.15, 0.2) is 5.96 Å². The van der Waals surface area contributed by atoms with Gasteiger partial charge < -0.3 is 80.2 Å². The van der Waals surface area contributed by atoms with E-state index in [4.69, 9.17) is 17.2 Å². The Labute approximate surface area is 447 Å². The average Bonchev–Trinajstić information content (AvgIpc) is 3.34. The summed E-state index contributed by atoms with van der Waals surface area (Å²) in [4.78, 5) is 138. The van der Waals surface area contributed by atoms with Gasteiger partial charge in [0.05, 0.1) is 24.7 Å². The third-order valence-corrected chi connectivity index (χ3v) is 12.0. The Kier molecular flexibility index (Phi) is 27.2. The number of nitrogens with zero attached hydrogens (tertiary/aromatic N) is 1. The van der Waals surface area contributed by atoms with Gasteiger partial charge in [-0.1, -0.05) is 102 Å². The summed E-state index contributed by atoms with van der Waals surface area (Å²) in [5.41, 5.74) is 18.2. The quantitative estimate of drug-likeness (QED) is 0.0197. The van der Waals surface area contributed by atoms with Crippen molar-refractivity contribution in [2.45, 2.75) is 154 Å². The molecule has 0 aliphatic heterocycles. The minimum absolute atomic E-state index is 0.0473. The molecule has 0 saturated carbocycles. The standard InChI is InChI=1S/C51H78N12O14/c1-25(2)37(46(72)57-34(23-31-18-13-10-14-19-31)44(70)56-33(20-15-21-55-51(53)54)43(69)61-39(27(5)6)50(76)77)59-47(73)38(26(3)4)60-49(75)41(29(8)65)63-45(71)35(24-36(66)67)58-48(74)40(28(7)64)62-42(68)32(52)22-30-16-11-9-12-17-30/h9-14,16-19,25-29,32-35,37-41,64-65H,15,20-24,52H2,1-8H3,(H,56,70)(H,57,72)(H,58,74)(H,59,73)(H,60,75)(H,61,69)(H,62,68)(H,63,71)(H,66,67)(H,76,77)(H4,53,54,55)/t28-,29-,32+,33+,34+,35+,37+,38+,39+,40+,41+/m1/s1. The van der Waals surface area contributed by atoms with Crippen LogP contribution in [0.4, 0.5) is 0 Å². The second kappa shape index (κ2) is 32.0. The predicted octanol–water partition coefficient (Wildman–Crippen LogP) is -2.98. The molecule has 2 aromatic carbocycles. The van der Waals surface area contributed by atoms with E-state index in [0.29, 0.717) is 11.1 Å². The second-order valence-electron chi connectivity index (χ2n) is 19.7. The van der Waals surface area contributed by atoms with Crippen molar-refractivity contribution in [3.05, 3.63) is 71.8 Å². The molecule has 77 heavy (non-hydrogen) atoms. The summed E-state index contributed by atoms with van der Waals surface area (Å²) in [5.74, 6) is -12.9. The fourth-order valence-electron chi connectivity index (χ4n) is 7.62. The van der Waals surface area contributed by atoms with Crippen LogP contribution in [0.25, 0.3) is 0 Å². The van der Waals surface area contributed by atoms with Gasteiger partial charge in [-0.05, 0) is 62.0 Å². The van der Waals surface area contributed by atoms with Gasteiger partial charge in [0.2, 0.25) is 47.3 Å². The molecule has 0 bridgehead atoms. The van der Waals surface area contributed by atoms with Gasteiger partial charge in [0.25, 0.3) is 0 Å². The fourth-order valence-corrected chi connectivity index (χ4v) is 7.62. The van der Waals surface area contributed by atoms with Crippen LogP contribution in [0.2, 0.25) is 0 Å². The maximum absolute atomic E-state index is 14.2. The van der Waals surface area contributed by atoms with Gasteiger partial charge in [-0.15, -0.1) is 0 Å². The van der Waals surface area contributed by atoms with Crippen LogP contribution in [0.5, 0.6) is 0 Å². The molecule has 0 spiro atoms. The Hall–Kier alpha value is -7.71. The van der Waals surface area contributed by atoms with E-state index in [0.717, 1.165) is 13.8 Å². The molecule has 0 radical (unpaired) electrons. The van der Waals surface area contributed by atoms with Crippen molar-refractivity contribution in [2.24, 2.45) is 39.9 Å². The molecule has 0 aliphatic rings. The van der Waals surface area contributed by atoms with Crippen LogP contribution in [0, 0.1) is 17.8 Å². The number of carboxylic acid groups (broad SMARTS) is 2. The minimum Gasteiger partial charge on any atom is -0.481 e. The number of rotatable bonds is 32. The van der Waals surface area contributed by atoms with Crippen molar-refractivity contribution in [1.29, 1.82) is 0 Å². The summed E-state index contributed by atoms with van der Waals surface area (Å²) in [5, 5.41) is 60.1. The molecule has 0 aromatic heterocycles. The van der Waals surface area contributed by atoms with Crippen molar-refractivity contribution in [1.82, 2.24) is 42.5 Å². The number of carboxylic acids is 2. The summed E-state index contributed by atoms with van der Waals surface area (Å²) >= 11 is 0. The Morgan fingerprint density at radius 3 is 1.27 bits per heavy atom. The highest BCUT2D eigenvalue weighted by molar-refractivity contribution is 5.99. The number of hydrogen-bond acceptors (Lipinski definition) is 14. The first-order valence-corrected chi connectivity index (χ1v) is 25.2. The molecule has 11 atom stereocenters. The number of aliphatic hydroxyl groups excluding tert-OH is 2. The number of benzene rings is 2. The largest absolute Gasteiger partial charge is 0.481 e. The zero-order valence-electron chi connectivity index (χ0n) is 44.6. The first-order chi connectivity index (χ1) is 36.0. The van der Waals surface area contributed by atoms with Crippen molar-refractivity contribution in [3.8, 4) is 0 Å². The molecule has 8 amide bonds. The minimum atomic E-state index is -1.94. The van der Waals surface area contributed by atoms with E-state index >= 15 is 0 Å². The summed E-state index contributed by atoms with van der Waals surface area (Å²) in [6.07, 6.45) is -4.27. The third kappa shape index (κ3) is 22.6. The fraction of sp³-hybridized carbons (Fsp3) is 0.549. The smallest absolute Gasteiger partial charge is 0.326 e. The van der Waals surface area contributed by atoms with E-state index in [9.17, 15) is 68.4 Å². The van der Waals surface area contributed by atoms with E-state index in [2.05, 4.69) is 47.5 Å². The average molecular weight is 1080 g/mol. The zero-order chi connectivity index (χ0) is 58.3. The molecule has 0 heterocycles. The van der Waals surface area contributed by atoms with Crippen molar-refractivity contribution in [2.75, 3.05) is 6.54 Å². The highest BCUT2D eigenvalue weighted by Crippen LogP contribution is 2.13. The molecule has 0 unspecified atom stereocenters.